The van der Waals surface area contributed by atoms with Crippen LogP contribution in [0.15, 0.2) is 28.7 Å². The standard InChI is InChI=1S/C12H16BrNO2/c1-2-7-14(9-12(15)16)8-10-5-3-4-6-11(10)13/h3-6H,2,7-9H2,1H3,(H,15,16). The molecule has 0 heterocycles. The lowest BCUT2D eigenvalue weighted by Gasteiger charge is -2.20. The summed E-state index contributed by atoms with van der Waals surface area (Å²) in [6.45, 7) is 3.61. The van der Waals surface area contributed by atoms with Crippen LogP contribution in [-0.4, -0.2) is 29.1 Å². The Morgan fingerprint density at radius 3 is 2.69 bits per heavy atom. The molecule has 0 aliphatic carbocycles. The summed E-state index contributed by atoms with van der Waals surface area (Å²) >= 11 is 3.47. The average Bonchev–Trinajstić information content (AvgIpc) is 2.21. The molecule has 88 valence electrons. The monoisotopic (exact) mass is 285 g/mol. The number of aliphatic carboxylic acids is 1. The minimum Gasteiger partial charge on any atom is -0.480 e. The molecule has 4 heteroatoms. The second kappa shape index (κ2) is 6.66. The van der Waals surface area contributed by atoms with Crippen molar-refractivity contribution in [3.8, 4) is 0 Å². The SMILES string of the molecule is CCCN(CC(=O)O)Cc1ccccc1Br. The van der Waals surface area contributed by atoms with E-state index < -0.39 is 5.97 Å². The van der Waals surface area contributed by atoms with Gasteiger partial charge in [-0.3, -0.25) is 9.69 Å². The molecule has 0 fully saturated rings. The van der Waals surface area contributed by atoms with E-state index in [1.165, 1.54) is 0 Å². The molecule has 0 aliphatic heterocycles. The van der Waals surface area contributed by atoms with Crippen LogP contribution >= 0.6 is 15.9 Å². The van der Waals surface area contributed by atoms with Crippen LogP contribution in [0.5, 0.6) is 0 Å². The highest BCUT2D eigenvalue weighted by Gasteiger charge is 2.10. The summed E-state index contributed by atoms with van der Waals surface area (Å²) in [6.07, 6.45) is 0.956. The molecule has 0 bridgehead atoms. The third kappa shape index (κ3) is 4.33. The smallest absolute Gasteiger partial charge is 0.317 e. The van der Waals surface area contributed by atoms with Crippen LogP contribution in [0.2, 0.25) is 0 Å². The molecule has 0 radical (unpaired) electrons. The Hall–Kier alpha value is -0.870. The molecule has 0 unspecified atom stereocenters. The zero-order valence-corrected chi connectivity index (χ0v) is 10.9. The van der Waals surface area contributed by atoms with Crippen molar-refractivity contribution in [1.29, 1.82) is 0 Å². The van der Waals surface area contributed by atoms with Gasteiger partial charge in [0.1, 0.15) is 0 Å². The van der Waals surface area contributed by atoms with Crippen LogP contribution in [0.1, 0.15) is 18.9 Å². The maximum atomic E-state index is 10.7. The number of carbonyl (C=O) groups is 1. The molecule has 1 aromatic carbocycles. The Kier molecular flexibility index (Phi) is 5.49. The second-order valence-electron chi connectivity index (χ2n) is 3.70. The van der Waals surface area contributed by atoms with E-state index in [9.17, 15) is 4.79 Å². The number of rotatable bonds is 6. The highest BCUT2D eigenvalue weighted by atomic mass is 79.9. The fourth-order valence-electron chi connectivity index (χ4n) is 1.59. The summed E-state index contributed by atoms with van der Waals surface area (Å²) in [5, 5.41) is 8.80. The van der Waals surface area contributed by atoms with E-state index >= 15 is 0 Å². The molecule has 0 saturated carbocycles. The average molecular weight is 286 g/mol. The Labute approximate surface area is 104 Å². The third-order valence-electron chi connectivity index (χ3n) is 2.25. The third-order valence-corrected chi connectivity index (χ3v) is 3.02. The highest BCUT2D eigenvalue weighted by Crippen LogP contribution is 2.17. The van der Waals surface area contributed by atoms with Gasteiger partial charge in [0.2, 0.25) is 0 Å². The zero-order chi connectivity index (χ0) is 12.0. The van der Waals surface area contributed by atoms with Gasteiger partial charge in [0.25, 0.3) is 0 Å². The maximum absolute atomic E-state index is 10.7. The van der Waals surface area contributed by atoms with E-state index in [-0.39, 0.29) is 6.54 Å². The largest absolute Gasteiger partial charge is 0.480 e. The number of carboxylic acids is 1. The summed E-state index contributed by atoms with van der Waals surface area (Å²) < 4.78 is 1.03. The van der Waals surface area contributed by atoms with Crippen LogP contribution < -0.4 is 0 Å². The molecule has 0 saturated heterocycles. The van der Waals surface area contributed by atoms with Crippen molar-refractivity contribution in [1.82, 2.24) is 4.90 Å². The van der Waals surface area contributed by atoms with Gasteiger partial charge in [-0.15, -0.1) is 0 Å². The van der Waals surface area contributed by atoms with Gasteiger partial charge < -0.3 is 5.11 Å². The first-order valence-electron chi connectivity index (χ1n) is 5.31. The molecular weight excluding hydrogens is 270 g/mol. The van der Waals surface area contributed by atoms with Gasteiger partial charge in [-0.1, -0.05) is 41.1 Å². The number of nitrogens with zero attached hydrogens (tertiary/aromatic N) is 1. The first-order chi connectivity index (χ1) is 7.63. The first-order valence-corrected chi connectivity index (χ1v) is 6.10. The van der Waals surface area contributed by atoms with Crippen molar-refractivity contribution in [3.05, 3.63) is 34.3 Å². The quantitative estimate of drug-likeness (QED) is 0.874. The summed E-state index contributed by atoms with van der Waals surface area (Å²) in [6, 6.07) is 7.90. The summed E-state index contributed by atoms with van der Waals surface area (Å²) in [5.41, 5.74) is 1.12. The number of halogens is 1. The van der Waals surface area contributed by atoms with Crippen molar-refractivity contribution < 1.29 is 9.90 Å². The van der Waals surface area contributed by atoms with Gasteiger partial charge in [-0.2, -0.15) is 0 Å². The molecule has 1 rings (SSSR count). The van der Waals surface area contributed by atoms with E-state index in [0.717, 1.165) is 23.0 Å². The summed E-state index contributed by atoms with van der Waals surface area (Å²) in [7, 11) is 0. The van der Waals surface area contributed by atoms with Crippen molar-refractivity contribution in [2.24, 2.45) is 0 Å². The molecule has 0 atom stereocenters. The minimum atomic E-state index is -0.777. The first kappa shape index (κ1) is 13.2. The minimum absolute atomic E-state index is 0.0924. The Morgan fingerprint density at radius 1 is 1.44 bits per heavy atom. The van der Waals surface area contributed by atoms with Gasteiger partial charge in [-0.25, -0.2) is 0 Å². The molecular formula is C12H16BrNO2. The predicted octanol–water partition coefficient (Wildman–Crippen LogP) is 2.75. The fraction of sp³-hybridized carbons (Fsp3) is 0.417. The number of hydrogen-bond donors (Lipinski definition) is 1. The number of hydrogen-bond acceptors (Lipinski definition) is 2. The maximum Gasteiger partial charge on any atom is 0.317 e. The number of carboxylic acid groups (broad SMARTS) is 1. The van der Waals surface area contributed by atoms with Gasteiger partial charge >= 0.3 is 5.97 Å². The van der Waals surface area contributed by atoms with E-state index in [1.807, 2.05) is 29.2 Å². The molecule has 3 nitrogen and oxygen atoms in total. The molecule has 16 heavy (non-hydrogen) atoms. The van der Waals surface area contributed by atoms with Crippen LogP contribution in [0.25, 0.3) is 0 Å². The number of benzene rings is 1. The van der Waals surface area contributed by atoms with Crippen molar-refractivity contribution >= 4 is 21.9 Å². The lowest BCUT2D eigenvalue weighted by molar-refractivity contribution is -0.138. The van der Waals surface area contributed by atoms with E-state index in [0.29, 0.717) is 6.54 Å². The Morgan fingerprint density at radius 2 is 2.12 bits per heavy atom. The molecule has 0 spiro atoms. The van der Waals surface area contributed by atoms with Gasteiger partial charge in [0.05, 0.1) is 6.54 Å². The van der Waals surface area contributed by atoms with E-state index in [2.05, 4.69) is 22.9 Å². The summed E-state index contributed by atoms with van der Waals surface area (Å²) in [5.74, 6) is -0.777. The van der Waals surface area contributed by atoms with Crippen molar-refractivity contribution in [2.75, 3.05) is 13.1 Å². The topological polar surface area (TPSA) is 40.5 Å². The zero-order valence-electron chi connectivity index (χ0n) is 9.32. The molecule has 1 N–H and O–H groups in total. The highest BCUT2D eigenvalue weighted by molar-refractivity contribution is 9.10. The van der Waals surface area contributed by atoms with Crippen molar-refractivity contribution in [3.63, 3.8) is 0 Å². The second-order valence-corrected chi connectivity index (χ2v) is 4.55. The van der Waals surface area contributed by atoms with Crippen molar-refractivity contribution in [2.45, 2.75) is 19.9 Å². The van der Waals surface area contributed by atoms with Crippen LogP contribution in [0, 0.1) is 0 Å². The van der Waals surface area contributed by atoms with E-state index in [1.54, 1.807) is 0 Å². The van der Waals surface area contributed by atoms with Crippen LogP contribution in [0.3, 0.4) is 0 Å². The van der Waals surface area contributed by atoms with Gasteiger partial charge in [0, 0.05) is 11.0 Å². The molecule has 0 aromatic heterocycles. The lowest BCUT2D eigenvalue weighted by Crippen LogP contribution is -2.30. The molecule has 1 aromatic rings. The van der Waals surface area contributed by atoms with Gasteiger partial charge in [0.15, 0.2) is 0 Å². The normalized spacial score (nSPS) is 10.7. The molecule has 0 amide bonds. The Balaban J connectivity index is 2.67. The van der Waals surface area contributed by atoms with E-state index in [4.69, 9.17) is 5.11 Å². The fourth-order valence-corrected chi connectivity index (χ4v) is 2.00. The Bertz CT molecular complexity index is 355. The lowest BCUT2D eigenvalue weighted by atomic mass is 10.2. The summed E-state index contributed by atoms with van der Waals surface area (Å²) in [4.78, 5) is 12.6. The predicted molar refractivity (Wildman–Crippen MR) is 67.3 cm³/mol. The van der Waals surface area contributed by atoms with Gasteiger partial charge in [-0.05, 0) is 24.6 Å². The van der Waals surface area contributed by atoms with Crippen LogP contribution in [0.4, 0.5) is 0 Å². The van der Waals surface area contributed by atoms with Crippen LogP contribution in [-0.2, 0) is 11.3 Å². The molecule has 0 aliphatic rings.